The first-order chi connectivity index (χ1) is 13.2. The number of benzene rings is 1. The first-order valence-electron chi connectivity index (χ1n) is 9.90. The standard InChI is InChI=1S/C22H25BrO5/c1-11(24)27-13-4-5-14-15-8-9-22(3)17(6-7-18(22)28-12(2)25)19(15)20(23)21(26)16(14)10-13/h4-5,10,15,17-20H,6-9H2,1-3H3/t15-,17-,18+,19+,20+,22-/m1/s1. The summed E-state index contributed by atoms with van der Waals surface area (Å²) in [5.41, 5.74) is 1.62. The molecule has 3 aliphatic rings. The highest BCUT2D eigenvalue weighted by Gasteiger charge is 2.59. The smallest absolute Gasteiger partial charge is 0.308 e. The lowest BCUT2D eigenvalue weighted by Gasteiger charge is -2.51. The lowest BCUT2D eigenvalue weighted by Crippen LogP contribution is -2.50. The van der Waals surface area contributed by atoms with Gasteiger partial charge in [-0.25, -0.2) is 0 Å². The molecule has 0 spiro atoms. The van der Waals surface area contributed by atoms with Crippen molar-refractivity contribution >= 4 is 33.7 Å². The summed E-state index contributed by atoms with van der Waals surface area (Å²) in [6.07, 6.45) is 3.67. The number of ketones is 1. The van der Waals surface area contributed by atoms with Gasteiger partial charge in [-0.1, -0.05) is 28.9 Å². The lowest BCUT2D eigenvalue weighted by atomic mass is 9.55. The van der Waals surface area contributed by atoms with Crippen LogP contribution in [0.2, 0.25) is 0 Å². The maximum absolute atomic E-state index is 13.2. The Balaban J connectivity index is 1.69. The number of hydrogen-bond acceptors (Lipinski definition) is 5. The maximum atomic E-state index is 13.2. The van der Waals surface area contributed by atoms with Crippen molar-refractivity contribution in [2.45, 2.75) is 63.3 Å². The van der Waals surface area contributed by atoms with Crippen LogP contribution in [0.5, 0.6) is 5.75 Å². The molecule has 0 radical (unpaired) electrons. The molecule has 1 aromatic rings. The minimum atomic E-state index is -0.396. The van der Waals surface area contributed by atoms with Gasteiger partial charge in [-0.15, -0.1) is 0 Å². The quantitative estimate of drug-likeness (QED) is 0.380. The van der Waals surface area contributed by atoms with Gasteiger partial charge in [-0.2, -0.15) is 0 Å². The highest BCUT2D eigenvalue weighted by atomic mass is 79.9. The molecule has 0 unspecified atom stereocenters. The molecule has 0 aliphatic heterocycles. The molecule has 28 heavy (non-hydrogen) atoms. The van der Waals surface area contributed by atoms with E-state index in [1.54, 1.807) is 12.1 Å². The van der Waals surface area contributed by atoms with E-state index in [1.807, 2.05) is 6.07 Å². The molecule has 4 rings (SSSR count). The van der Waals surface area contributed by atoms with Crippen LogP contribution in [0.3, 0.4) is 0 Å². The van der Waals surface area contributed by atoms with Gasteiger partial charge in [-0.05, 0) is 61.1 Å². The van der Waals surface area contributed by atoms with Crippen LogP contribution >= 0.6 is 15.9 Å². The van der Waals surface area contributed by atoms with E-state index in [2.05, 4.69) is 22.9 Å². The van der Waals surface area contributed by atoms with E-state index in [1.165, 1.54) is 13.8 Å². The predicted molar refractivity (Wildman–Crippen MR) is 107 cm³/mol. The topological polar surface area (TPSA) is 69.7 Å². The highest BCUT2D eigenvalue weighted by Crippen LogP contribution is 2.62. The fourth-order valence-electron chi connectivity index (χ4n) is 5.94. The minimum Gasteiger partial charge on any atom is -0.462 e. The van der Waals surface area contributed by atoms with Gasteiger partial charge < -0.3 is 9.47 Å². The summed E-state index contributed by atoms with van der Waals surface area (Å²) in [5.74, 6) is 0.612. The van der Waals surface area contributed by atoms with Gasteiger partial charge in [0.15, 0.2) is 5.78 Å². The number of Topliss-reactive ketones (excluding diaryl/α,β-unsaturated/α-hetero) is 1. The van der Waals surface area contributed by atoms with Gasteiger partial charge in [0.25, 0.3) is 0 Å². The van der Waals surface area contributed by atoms with E-state index in [0.29, 0.717) is 17.2 Å². The molecule has 0 N–H and O–H groups in total. The number of alkyl halides is 1. The minimum absolute atomic E-state index is 0.0467. The van der Waals surface area contributed by atoms with Crippen LogP contribution in [0.4, 0.5) is 0 Å². The SMILES string of the molecule is CC(=O)Oc1ccc2c(c1)C(=O)[C@@H](Br)[C@H]1[C@@H]2CC[C@@]2(C)[C@@H](OC(C)=O)CC[C@H]12. The van der Waals surface area contributed by atoms with E-state index in [0.717, 1.165) is 31.2 Å². The van der Waals surface area contributed by atoms with Gasteiger partial charge in [0.05, 0.1) is 4.83 Å². The van der Waals surface area contributed by atoms with Crippen LogP contribution in [-0.4, -0.2) is 28.7 Å². The molecule has 1 aromatic carbocycles. The van der Waals surface area contributed by atoms with Crippen LogP contribution in [-0.2, 0) is 14.3 Å². The van der Waals surface area contributed by atoms with Crippen LogP contribution in [0.1, 0.15) is 68.3 Å². The second kappa shape index (κ2) is 6.97. The highest BCUT2D eigenvalue weighted by molar-refractivity contribution is 9.10. The fraction of sp³-hybridized carbons (Fsp3) is 0.591. The molecule has 3 aliphatic carbocycles. The molecule has 0 heterocycles. The Morgan fingerprint density at radius 3 is 2.57 bits per heavy atom. The molecule has 0 amide bonds. The Hall–Kier alpha value is -1.69. The van der Waals surface area contributed by atoms with E-state index in [9.17, 15) is 14.4 Å². The second-order valence-corrected chi connectivity index (χ2v) is 9.61. The molecule has 5 nitrogen and oxygen atoms in total. The average molecular weight is 449 g/mol. The van der Waals surface area contributed by atoms with Gasteiger partial charge >= 0.3 is 11.9 Å². The number of ether oxygens (including phenoxy) is 2. The first-order valence-corrected chi connectivity index (χ1v) is 10.8. The molecular weight excluding hydrogens is 424 g/mol. The van der Waals surface area contributed by atoms with Crippen molar-refractivity contribution in [2.24, 2.45) is 17.3 Å². The zero-order valence-corrected chi connectivity index (χ0v) is 18.0. The van der Waals surface area contributed by atoms with Crippen molar-refractivity contribution in [3.63, 3.8) is 0 Å². The third kappa shape index (κ3) is 3.00. The summed E-state index contributed by atoms with van der Waals surface area (Å²) in [4.78, 5) is 35.7. The van der Waals surface area contributed by atoms with Gasteiger partial charge in [0, 0.05) is 24.8 Å². The maximum Gasteiger partial charge on any atom is 0.308 e. The van der Waals surface area contributed by atoms with E-state index in [-0.39, 0.29) is 39.9 Å². The Labute approximate surface area is 173 Å². The second-order valence-electron chi connectivity index (χ2n) is 8.62. The van der Waals surface area contributed by atoms with Crippen molar-refractivity contribution in [2.75, 3.05) is 0 Å². The van der Waals surface area contributed by atoms with E-state index >= 15 is 0 Å². The van der Waals surface area contributed by atoms with E-state index in [4.69, 9.17) is 9.47 Å². The zero-order chi connectivity index (χ0) is 20.2. The molecule has 6 heteroatoms. The predicted octanol–water partition coefficient (Wildman–Crippen LogP) is 4.41. The summed E-state index contributed by atoms with van der Waals surface area (Å²) in [6.45, 7) is 5.04. The molecule has 2 fully saturated rings. The number of carbonyl (C=O) groups is 3. The zero-order valence-electron chi connectivity index (χ0n) is 16.4. The van der Waals surface area contributed by atoms with Crippen molar-refractivity contribution in [3.8, 4) is 5.75 Å². The summed E-state index contributed by atoms with van der Waals surface area (Å²) in [7, 11) is 0. The number of hydrogen-bond donors (Lipinski definition) is 0. The molecule has 150 valence electrons. The fourth-order valence-corrected chi connectivity index (χ4v) is 6.92. The Morgan fingerprint density at radius 2 is 1.89 bits per heavy atom. The van der Waals surface area contributed by atoms with Crippen molar-refractivity contribution in [1.82, 2.24) is 0 Å². The van der Waals surface area contributed by atoms with Crippen molar-refractivity contribution < 1.29 is 23.9 Å². The summed E-state index contributed by atoms with van der Waals surface area (Å²) >= 11 is 3.71. The van der Waals surface area contributed by atoms with Crippen molar-refractivity contribution in [1.29, 1.82) is 0 Å². The van der Waals surface area contributed by atoms with E-state index < -0.39 is 5.97 Å². The van der Waals surface area contributed by atoms with Crippen LogP contribution in [0.15, 0.2) is 18.2 Å². The monoisotopic (exact) mass is 448 g/mol. The molecule has 0 saturated heterocycles. The van der Waals surface area contributed by atoms with Gasteiger partial charge in [-0.3, -0.25) is 14.4 Å². The largest absolute Gasteiger partial charge is 0.462 e. The number of fused-ring (bicyclic) bond motifs is 5. The third-order valence-corrected chi connectivity index (χ3v) is 8.12. The summed E-state index contributed by atoms with van der Waals surface area (Å²) in [6, 6.07) is 5.43. The van der Waals surface area contributed by atoms with Crippen LogP contribution < -0.4 is 4.74 Å². The lowest BCUT2D eigenvalue weighted by molar-refractivity contribution is -0.154. The summed E-state index contributed by atoms with van der Waals surface area (Å²) < 4.78 is 10.8. The van der Waals surface area contributed by atoms with Crippen molar-refractivity contribution in [3.05, 3.63) is 29.3 Å². The number of esters is 2. The normalized spacial score (nSPS) is 36.1. The number of carbonyl (C=O) groups excluding carboxylic acids is 3. The summed E-state index contributed by atoms with van der Waals surface area (Å²) in [5, 5.41) is 0. The third-order valence-electron chi connectivity index (χ3n) is 7.09. The molecule has 0 bridgehead atoms. The number of rotatable bonds is 2. The molecule has 6 atom stereocenters. The Kier molecular flexibility index (Phi) is 4.89. The van der Waals surface area contributed by atoms with Crippen LogP contribution in [0.25, 0.3) is 0 Å². The molecule has 2 saturated carbocycles. The Morgan fingerprint density at radius 1 is 1.14 bits per heavy atom. The molecule has 0 aromatic heterocycles. The number of halogens is 1. The van der Waals surface area contributed by atoms with Gasteiger partial charge in [0.2, 0.25) is 0 Å². The first kappa shape index (κ1) is 19.6. The molecular formula is C22H25BrO5. The Bertz CT molecular complexity index is 849. The van der Waals surface area contributed by atoms with Gasteiger partial charge in [0.1, 0.15) is 11.9 Å². The van der Waals surface area contributed by atoms with Crippen LogP contribution in [0, 0.1) is 17.3 Å². The average Bonchev–Trinajstić information content (AvgIpc) is 2.94.